The molecule has 1 aliphatic carbocycles. The number of carbonyl (C=O) groups is 3. The standard InChI is InChI=1S/C20H28N4O3/c1-3-23(4-2)16-7-5-15(6-8-16)21-19(26)17-13-18(17)20(27)24-11-9-22(14-25)10-12-24/h5-8,14,17-18H,3-4,9-13H2,1-2H3,(H,21,26). The minimum Gasteiger partial charge on any atom is -0.372 e. The molecular weight excluding hydrogens is 344 g/mol. The summed E-state index contributed by atoms with van der Waals surface area (Å²) in [4.78, 5) is 41.4. The van der Waals surface area contributed by atoms with Crippen LogP contribution in [-0.2, 0) is 14.4 Å². The molecule has 3 rings (SSSR count). The molecule has 0 radical (unpaired) electrons. The van der Waals surface area contributed by atoms with Crippen molar-refractivity contribution in [3.63, 3.8) is 0 Å². The number of benzene rings is 1. The molecular formula is C20H28N4O3. The van der Waals surface area contributed by atoms with Crippen molar-refractivity contribution in [2.24, 2.45) is 11.8 Å². The van der Waals surface area contributed by atoms with E-state index in [0.29, 0.717) is 32.6 Å². The maximum Gasteiger partial charge on any atom is 0.228 e. The van der Waals surface area contributed by atoms with Gasteiger partial charge in [-0.3, -0.25) is 14.4 Å². The zero-order valence-electron chi connectivity index (χ0n) is 16.1. The molecule has 3 amide bonds. The first-order chi connectivity index (χ1) is 13.1. The summed E-state index contributed by atoms with van der Waals surface area (Å²) in [5.41, 5.74) is 1.89. The van der Waals surface area contributed by atoms with Gasteiger partial charge in [0.15, 0.2) is 0 Å². The predicted octanol–water partition coefficient (Wildman–Crippen LogP) is 1.41. The highest BCUT2D eigenvalue weighted by atomic mass is 16.2. The molecule has 1 aromatic rings. The van der Waals surface area contributed by atoms with Crippen LogP contribution in [0.5, 0.6) is 0 Å². The zero-order valence-corrected chi connectivity index (χ0v) is 16.1. The molecule has 2 unspecified atom stereocenters. The molecule has 27 heavy (non-hydrogen) atoms. The van der Waals surface area contributed by atoms with Crippen molar-refractivity contribution < 1.29 is 14.4 Å². The average Bonchev–Trinajstić information content (AvgIpc) is 3.51. The molecule has 7 nitrogen and oxygen atoms in total. The van der Waals surface area contributed by atoms with E-state index in [9.17, 15) is 14.4 Å². The Morgan fingerprint density at radius 3 is 2.26 bits per heavy atom. The third kappa shape index (κ3) is 4.40. The average molecular weight is 372 g/mol. The Balaban J connectivity index is 1.50. The second kappa shape index (κ2) is 8.41. The normalized spacial score (nSPS) is 21.6. The van der Waals surface area contributed by atoms with Crippen LogP contribution in [0.4, 0.5) is 11.4 Å². The molecule has 2 atom stereocenters. The number of hydrogen-bond acceptors (Lipinski definition) is 4. The molecule has 2 fully saturated rings. The Morgan fingerprint density at radius 1 is 1.07 bits per heavy atom. The van der Waals surface area contributed by atoms with Gasteiger partial charge in [-0.1, -0.05) is 0 Å². The van der Waals surface area contributed by atoms with E-state index in [1.807, 2.05) is 24.3 Å². The van der Waals surface area contributed by atoms with Gasteiger partial charge < -0.3 is 20.0 Å². The van der Waals surface area contributed by atoms with Gasteiger partial charge in [0.25, 0.3) is 0 Å². The van der Waals surface area contributed by atoms with Crippen LogP contribution in [-0.4, -0.2) is 67.3 Å². The third-order valence-electron chi connectivity index (χ3n) is 5.48. The largest absolute Gasteiger partial charge is 0.372 e. The van der Waals surface area contributed by atoms with Gasteiger partial charge in [-0.05, 0) is 44.5 Å². The first-order valence-electron chi connectivity index (χ1n) is 9.71. The Labute approximate surface area is 160 Å². The Morgan fingerprint density at radius 2 is 1.70 bits per heavy atom. The van der Waals surface area contributed by atoms with Gasteiger partial charge in [-0.15, -0.1) is 0 Å². The summed E-state index contributed by atoms with van der Waals surface area (Å²) in [5, 5.41) is 2.93. The molecule has 1 saturated heterocycles. The number of carbonyl (C=O) groups excluding carboxylic acids is 3. The highest BCUT2D eigenvalue weighted by Crippen LogP contribution is 2.41. The lowest BCUT2D eigenvalue weighted by Crippen LogP contribution is -2.48. The van der Waals surface area contributed by atoms with E-state index < -0.39 is 0 Å². The van der Waals surface area contributed by atoms with Crippen LogP contribution < -0.4 is 10.2 Å². The van der Waals surface area contributed by atoms with Gasteiger partial charge in [-0.25, -0.2) is 0 Å². The van der Waals surface area contributed by atoms with Crippen LogP contribution in [0.1, 0.15) is 20.3 Å². The van der Waals surface area contributed by atoms with Gasteiger partial charge in [0.1, 0.15) is 0 Å². The van der Waals surface area contributed by atoms with Gasteiger partial charge in [0, 0.05) is 50.6 Å². The predicted molar refractivity (Wildman–Crippen MR) is 104 cm³/mol. The number of anilines is 2. The Bertz CT molecular complexity index is 679. The van der Waals surface area contributed by atoms with E-state index >= 15 is 0 Å². The van der Waals surface area contributed by atoms with E-state index in [-0.39, 0.29) is 23.7 Å². The molecule has 1 aromatic carbocycles. The second-order valence-corrected chi connectivity index (χ2v) is 7.12. The Hall–Kier alpha value is -2.57. The number of rotatable bonds is 7. The molecule has 7 heteroatoms. The van der Waals surface area contributed by atoms with Gasteiger partial charge in [-0.2, -0.15) is 0 Å². The highest BCUT2D eigenvalue weighted by molar-refractivity contribution is 5.99. The van der Waals surface area contributed by atoms with Crippen molar-refractivity contribution in [1.82, 2.24) is 9.80 Å². The summed E-state index contributed by atoms with van der Waals surface area (Å²) in [7, 11) is 0. The lowest BCUT2D eigenvalue weighted by molar-refractivity contribution is -0.137. The lowest BCUT2D eigenvalue weighted by atomic mass is 10.2. The summed E-state index contributed by atoms with van der Waals surface area (Å²) in [6, 6.07) is 7.82. The minimum absolute atomic E-state index is 0.0394. The quantitative estimate of drug-likeness (QED) is 0.735. The first-order valence-corrected chi connectivity index (χ1v) is 9.71. The van der Waals surface area contributed by atoms with Crippen LogP contribution in [0.2, 0.25) is 0 Å². The molecule has 1 aliphatic heterocycles. The van der Waals surface area contributed by atoms with E-state index in [2.05, 4.69) is 24.1 Å². The fourth-order valence-corrected chi connectivity index (χ4v) is 3.62. The minimum atomic E-state index is -0.246. The molecule has 2 aliphatic rings. The monoisotopic (exact) mass is 372 g/mol. The molecule has 1 N–H and O–H groups in total. The number of hydrogen-bond donors (Lipinski definition) is 1. The fourth-order valence-electron chi connectivity index (χ4n) is 3.62. The number of amides is 3. The summed E-state index contributed by atoms with van der Waals surface area (Å²) in [6.45, 7) is 8.34. The number of nitrogens with zero attached hydrogens (tertiary/aromatic N) is 3. The topological polar surface area (TPSA) is 73.0 Å². The van der Waals surface area contributed by atoms with Crippen molar-refractivity contribution in [1.29, 1.82) is 0 Å². The van der Waals surface area contributed by atoms with Crippen molar-refractivity contribution in [3.05, 3.63) is 24.3 Å². The second-order valence-electron chi connectivity index (χ2n) is 7.12. The first kappa shape index (κ1) is 19.2. The van der Waals surface area contributed by atoms with Crippen LogP contribution in [0.25, 0.3) is 0 Å². The van der Waals surface area contributed by atoms with Gasteiger partial charge in [0.05, 0.1) is 11.8 Å². The van der Waals surface area contributed by atoms with Crippen LogP contribution in [0.3, 0.4) is 0 Å². The van der Waals surface area contributed by atoms with E-state index in [0.717, 1.165) is 30.9 Å². The summed E-state index contributed by atoms with van der Waals surface area (Å²) >= 11 is 0. The van der Waals surface area contributed by atoms with Crippen LogP contribution in [0, 0.1) is 11.8 Å². The summed E-state index contributed by atoms with van der Waals surface area (Å²) in [5.74, 6) is -0.514. The van der Waals surface area contributed by atoms with Crippen LogP contribution in [0.15, 0.2) is 24.3 Å². The van der Waals surface area contributed by atoms with Gasteiger partial charge in [0.2, 0.25) is 18.2 Å². The maximum atomic E-state index is 12.5. The fraction of sp³-hybridized carbons (Fsp3) is 0.550. The van der Waals surface area contributed by atoms with E-state index in [1.165, 1.54) is 0 Å². The molecule has 1 heterocycles. The van der Waals surface area contributed by atoms with Crippen molar-refractivity contribution in [3.8, 4) is 0 Å². The van der Waals surface area contributed by atoms with Gasteiger partial charge >= 0.3 is 0 Å². The van der Waals surface area contributed by atoms with E-state index in [4.69, 9.17) is 0 Å². The van der Waals surface area contributed by atoms with Crippen molar-refractivity contribution in [2.45, 2.75) is 20.3 Å². The van der Waals surface area contributed by atoms with E-state index in [1.54, 1.807) is 9.80 Å². The molecule has 0 aromatic heterocycles. The maximum absolute atomic E-state index is 12.5. The van der Waals surface area contributed by atoms with Crippen molar-refractivity contribution >= 4 is 29.6 Å². The van der Waals surface area contributed by atoms with Crippen LogP contribution >= 0.6 is 0 Å². The number of piperazine rings is 1. The molecule has 0 spiro atoms. The Kier molecular flexibility index (Phi) is 5.98. The third-order valence-corrected chi connectivity index (χ3v) is 5.48. The summed E-state index contributed by atoms with van der Waals surface area (Å²) < 4.78 is 0. The molecule has 0 bridgehead atoms. The molecule has 146 valence electrons. The zero-order chi connectivity index (χ0) is 19.4. The molecule has 1 saturated carbocycles. The highest BCUT2D eigenvalue weighted by Gasteiger charge is 2.49. The lowest BCUT2D eigenvalue weighted by Gasteiger charge is -2.32. The number of nitrogens with one attached hydrogen (secondary N) is 1. The summed E-state index contributed by atoms with van der Waals surface area (Å²) in [6.07, 6.45) is 1.43. The smallest absolute Gasteiger partial charge is 0.228 e. The van der Waals surface area contributed by atoms with Crippen molar-refractivity contribution in [2.75, 3.05) is 49.5 Å². The SMILES string of the molecule is CCN(CC)c1ccc(NC(=O)C2CC2C(=O)N2CCN(C=O)CC2)cc1.